The lowest BCUT2D eigenvalue weighted by atomic mass is 10.1. The molecule has 3 nitrogen and oxygen atoms in total. The fourth-order valence-electron chi connectivity index (χ4n) is 2.61. The molecule has 106 valence electrons. The van der Waals surface area contributed by atoms with Crippen LogP contribution in [-0.2, 0) is 13.0 Å². The Balaban J connectivity index is 2.32. The van der Waals surface area contributed by atoms with Crippen molar-refractivity contribution in [3.05, 3.63) is 22.3 Å². The number of nitrogens with zero attached hydrogens (tertiary/aromatic N) is 2. The van der Waals surface area contributed by atoms with Crippen molar-refractivity contribution >= 4 is 17.4 Å². The smallest absolute Gasteiger partial charge is 0.133 e. The van der Waals surface area contributed by atoms with Crippen LogP contribution in [-0.4, -0.2) is 23.2 Å². The molecule has 2 rings (SSSR count). The summed E-state index contributed by atoms with van der Waals surface area (Å²) >= 11 is 6.39. The molecule has 0 aliphatic carbocycles. The van der Waals surface area contributed by atoms with Crippen molar-refractivity contribution in [1.29, 1.82) is 0 Å². The van der Waals surface area contributed by atoms with Crippen molar-refractivity contribution in [2.24, 2.45) is 0 Å². The van der Waals surface area contributed by atoms with E-state index in [1.54, 1.807) is 6.07 Å². The highest BCUT2D eigenvalue weighted by molar-refractivity contribution is 6.31. The molecule has 0 saturated carbocycles. The minimum absolute atomic E-state index is 0.0470. The highest BCUT2D eigenvalue weighted by Crippen LogP contribution is 2.30. The van der Waals surface area contributed by atoms with Gasteiger partial charge in [0.15, 0.2) is 0 Å². The Bertz CT molecular complexity index is 417. The van der Waals surface area contributed by atoms with Gasteiger partial charge in [0.2, 0.25) is 0 Å². The number of aliphatic hydroxyl groups is 1. The number of piperidine rings is 1. The van der Waals surface area contributed by atoms with Crippen LogP contribution < -0.4 is 4.90 Å². The SMILES string of the molecule is CCCCc1c(Cl)cc(CO)nc1N1CCCCC1. The number of halogens is 1. The van der Waals surface area contributed by atoms with Crippen molar-refractivity contribution in [2.45, 2.75) is 52.1 Å². The fraction of sp³-hybridized carbons (Fsp3) is 0.667. The van der Waals surface area contributed by atoms with Gasteiger partial charge in [-0.2, -0.15) is 0 Å². The Labute approximate surface area is 120 Å². The molecule has 0 aromatic carbocycles. The van der Waals surface area contributed by atoms with E-state index in [9.17, 15) is 5.11 Å². The predicted molar refractivity (Wildman–Crippen MR) is 79.8 cm³/mol. The van der Waals surface area contributed by atoms with Gasteiger partial charge in [-0.1, -0.05) is 24.9 Å². The predicted octanol–water partition coefficient (Wildman–Crippen LogP) is 3.56. The summed E-state index contributed by atoms with van der Waals surface area (Å²) in [6, 6.07) is 1.81. The van der Waals surface area contributed by atoms with E-state index in [4.69, 9.17) is 11.6 Å². The number of pyridine rings is 1. The second-order valence-corrected chi connectivity index (χ2v) is 5.61. The van der Waals surface area contributed by atoms with Crippen LogP contribution in [0.25, 0.3) is 0 Å². The molecule has 0 amide bonds. The first-order valence-corrected chi connectivity index (χ1v) is 7.68. The lowest BCUT2D eigenvalue weighted by Crippen LogP contribution is -2.31. The Morgan fingerprint density at radius 3 is 2.68 bits per heavy atom. The second kappa shape index (κ2) is 7.11. The summed E-state index contributed by atoms with van der Waals surface area (Å²) in [5, 5.41) is 10.1. The molecule has 0 spiro atoms. The van der Waals surface area contributed by atoms with E-state index in [-0.39, 0.29) is 6.61 Å². The maximum absolute atomic E-state index is 9.31. The third kappa shape index (κ3) is 3.61. The Morgan fingerprint density at radius 1 is 1.32 bits per heavy atom. The van der Waals surface area contributed by atoms with Crippen molar-refractivity contribution in [3.63, 3.8) is 0 Å². The van der Waals surface area contributed by atoms with Crippen LogP contribution in [0, 0.1) is 0 Å². The van der Waals surface area contributed by atoms with E-state index in [2.05, 4.69) is 16.8 Å². The largest absolute Gasteiger partial charge is 0.390 e. The van der Waals surface area contributed by atoms with Gasteiger partial charge in [-0.3, -0.25) is 0 Å². The van der Waals surface area contributed by atoms with E-state index in [1.165, 1.54) is 19.3 Å². The summed E-state index contributed by atoms with van der Waals surface area (Å²) in [6.07, 6.45) is 6.98. The normalized spacial score (nSPS) is 15.8. The second-order valence-electron chi connectivity index (χ2n) is 5.21. The quantitative estimate of drug-likeness (QED) is 0.897. The molecule has 1 aliphatic heterocycles. The van der Waals surface area contributed by atoms with Crippen LogP contribution in [0.2, 0.25) is 5.02 Å². The van der Waals surface area contributed by atoms with E-state index in [1.807, 2.05) is 0 Å². The van der Waals surface area contributed by atoms with Crippen LogP contribution >= 0.6 is 11.6 Å². The summed E-state index contributed by atoms with van der Waals surface area (Å²) in [5.74, 6) is 1.00. The molecule has 1 saturated heterocycles. The van der Waals surface area contributed by atoms with Gasteiger partial charge in [-0.15, -0.1) is 0 Å². The number of aromatic nitrogens is 1. The van der Waals surface area contributed by atoms with Gasteiger partial charge < -0.3 is 10.0 Å². The zero-order chi connectivity index (χ0) is 13.7. The molecule has 4 heteroatoms. The van der Waals surface area contributed by atoms with E-state index in [0.29, 0.717) is 5.69 Å². The van der Waals surface area contributed by atoms with Crippen LogP contribution in [0.15, 0.2) is 6.07 Å². The van der Waals surface area contributed by atoms with Crippen LogP contribution in [0.4, 0.5) is 5.82 Å². The van der Waals surface area contributed by atoms with Gasteiger partial charge in [0, 0.05) is 23.7 Å². The molecule has 0 bridgehead atoms. The molecule has 19 heavy (non-hydrogen) atoms. The topological polar surface area (TPSA) is 36.4 Å². The number of anilines is 1. The standard InChI is InChI=1S/C15H23ClN2O/c1-2-3-7-13-14(16)10-12(11-19)17-15(13)18-8-5-4-6-9-18/h10,19H,2-9,11H2,1H3. The van der Waals surface area contributed by atoms with Crippen molar-refractivity contribution in [1.82, 2.24) is 4.98 Å². The lowest BCUT2D eigenvalue weighted by Gasteiger charge is -2.30. The first-order chi connectivity index (χ1) is 9.26. The highest BCUT2D eigenvalue weighted by atomic mass is 35.5. The van der Waals surface area contributed by atoms with Gasteiger partial charge in [0.05, 0.1) is 12.3 Å². The summed E-state index contributed by atoms with van der Waals surface area (Å²) in [7, 11) is 0. The zero-order valence-corrected chi connectivity index (χ0v) is 12.4. The third-order valence-corrected chi connectivity index (χ3v) is 4.04. The number of rotatable bonds is 5. The monoisotopic (exact) mass is 282 g/mol. The van der Waals surface area contributed by atoms with Gasteiger partial charge in [-0.05, 0) is 38.2 Å². The molecule has 1 aliphatic rings. The first-order valence-electron chi connectivity index (χ1n) is 7.30. The fourth-order valence-corrected chi connectivity index (χ4v) is 2.91. The minimum atomic E-state index is -0.0470. The molecule has 1 fully saturated rings. The lowest BCUT2D eigenvalue weighted by molar-refractivity contribution is 0.277. The average molecular weight is 283 g/mol. The molecule has 1 aromatic heterocycles. The number of hydrogen-bond acceptors (Lipinski definition) is 3. The van der Waals surface area contributed by atoms with Crippen LogP contribution in [0.1, 0.15) is 50.3 Å². The summed E-state index contributed by atoms with van der Waals surface area (Å²) in [4.78, 5) is 6.95. The van der Waals surface area contributed by atoms with Gasteiger partial charge in [-0.25, -0.2) is 4.98 Å². The van der Waals surface area contributed by atoms with Gasteiger partial charge in [0.1, 0.15) is 5.82 Å². The van der Waals surface area contributed by atoms with E-state index < -0.39 is 0 Å². The number of aliphatic hydroxyl groups excluding tert-OH is 1. The Morgan fingerprint density at radius 2 is 2.05 bits per heavy atom. The summed E-state index contributed by atoms with van der Waals surface area (Å²) in [6.45, 7) is 4.24. The number of hydrogen-bond donors (Lipinski definition) is 1. The molecule has 0 unspecified atom stereocenters. The van der Waals surface area contributed by atoms with E-state index in [0.717, 1.165) is 48.8 Å². The molecular formula is C15H23ClN2O. The number of unbranched alkanes of at least 4 members (excludes halogenated alkanes) is 1. The minimum Gasteiger partial charge on any atom is -0.390 e. The highest BCUT2D eigenvalue weighted by Gasteiger charge is 2.18. The molecular weight excluding hydrogens is 260 g/mol. The summed E-state index contributed by atoms with van der Waals surface area (Å²) < 4.78 is 0. The maximum atomic E-state index is 9.31. The van der Waals surface area contributed by atoms with Crippen molar-refractivity contribution in [2.75, 3.05) is 18.0 Å². The molecule has 0 radical (unpaired) electrons. The molecule has 0 atom stereocenters. The van der Waals surface area contributed by atoms with E-state index >= 15 is 0 Å². The summed E-state index contributed by atoms with van der Waals surface area (Å²) in [5.41, 5.74) is 1.83. The van der Waals surface area contributed by atoms with Crippen LogP contribution in [0.5, 0.6) is 0 Å². The van der Waals surface area contributed by atoms with Crippen molar-refractivity contribution in [3.8, 4) is 0 Å². The molecule has 1 aromatic rings. The van der Waals surface area contributed by atoms with Crippen LogP contribution in [0.3, 0.4) is 0 Å². The maximum Gasteiger partial charge on any atom is 0.133 e. The third-order valence-electron chi connectivity index (χ3n) is 3.70. The molecule has 2 heterocycles. The van der Waals surface area contributed by atoms with Gasteiger partial charge >= 0.3 is 0 Å². The first kappa shape index (κ1) is 14.6. The molecule has 1 N–H and O–H groups in total. The Kier molecular flexibility index (Phi) is 5.46. The zero-order valence-electron chi connectivity index (χ0n) is 11.7. The Hall–Kier alpha value is -0.800. The van der Waals surface area contributed by atoms with Gasteiger partial charge in [0.25, 0.3) is 0 Å². The average Bonchev–Trinajstić information content (AvgIpc) is 2.46. The van der Waals surface area contributed by atoms with Crippen molar-refractivity contribution < 1.29 is 5.11 Å².